The third kappa shape index (κ3) is 8.01. The molecule has 2 heterocycles. The van der Waals surface area contributed by atoms with Crippen LogP contribution in [0.25, 0.3) is 0 Å². The van der Waals surface area contributed by atoms with Gasteiger partial charge >= 0.3 is 0 Å². The molecule has 8 heteroatoms. The Morgan fingerprint density at radius 2 is 1.02 bits per heavy atom. The highest BCUT2D eigenvalue weighted by Gasteiger charge is 2.03. The van der Waals surface area contributed by atoms with Crippen LogP contribution in [0, 0.1) is 60.2 Å². The number of aryl methyl sites for hydroxylation is 2. The third-order valence-corrected chi connectivity index (χ3v) is 6.02. The zero-order valence-electron chi connectivity index (χ0n) is 22.1. The monoisotopic (exact) mass is 564 g/mol. The summed E-state index contributed by atoms with van der Waals surface area (Å²) in [6, 6.07) is 18.5. The van der Waals surface area contributed by atoms with Gasteiger partial charge in [0, 0.05) is 34.6 Å². The minimum atomic E-state index is 0.206. The van der Waals surface area contributed by atoms with Crippen LogP contribution in [0.2, 0.25) is 10.0 Å². The summed E-state index contributed by atoms with van der Waals surface area (Å²) in [4.78, 5) is 7.89. The van der Waals surface area contributed by atoms with Gasteiger partial charge in [0.1, 0.15) is 23.6 Å². The molecule has 0 unspecified atom stereocenters. The second kappa shape index (κ2) is 14.2. The number of hydrogen-bond donors (Lipinski definition) is 0. The van der Waals surface area contributed by atoms with E-state index in [1.54, 1.807) is 26.4 Å². The molecule has 0 aliphatic rings. The van der Waals surface area contributed by atoms with Gasteiger partial charge in [0.2, 0.25) is 0 Å². The highest BCUT2D eigenvalue weighted by Crippen LogP contribution is 2.18. The predicted molar refractivity (Wildman–Crippen MR) is 155 cm³/mol. The van der Waals surface area contributed by atoms with E-state index in [1.807, 2.05) is 62.4 Å². The topological polar surface area (TPSA) is 91.8 Å². The van der Waals surface area contributed by atoms with Gasteiger partial charge in [-0.1, -0.05) is 46.9 Å². The molecule has 0 saturated carbocycles. The predicted octanol–water partition coefficient (Wildman–Crippen LogP) is 6.65. The molecular weight excluding hydrogens is 543 g/mol. The molecule has 2 aromatic carbocycles. The molecule has 0 atom stereocenters. The van der Waals surface area contributed by atoms with Gasteiger partial charge in [-0.2, -0.15) is 10.5 Å². The first-order valence-corrected chi connectivity index (χ1v) is 12.5. The molecule has 0 spiro atoms. The maximum absolute atomic E-state index is 8.76. The maximum atomic E-state index is 8.76. The zero-order chi connectivity index (χ0) is 29.1. The van der Waals surface area contributed by atoms with E-state index < -0.39 is 0 Å². The van der Waals surface area contributed by atoms with Crippen molar-refractivity contribution in [3.63, 3.8) is 0 Å². The summed E-state index contributed by atoms with van der Waals surface area (Å²) in [5.74, 6) is 13.7. The summed E-state index contributed by atoms with van der Waals surface area (Å²) in [7, 11) is 3.26. The molecule has 6 nitrogen and oxygen atoms in total. The number of aromatic nitrogens is 2. The number of hydrogen-bond acceptors (Lipinski definition) is 6. The van der Waals surface area contributed by atoms with Gasteiger partial charge in [0.05, 0.1) is 24.3 Å². The standard InChI is InChI=1S/2C16H11ClN2O/c2*1-11-7-14(20-2)6-5-13(11)4-3-12-8-15(17)16(9-18)19-10-12/h2*5-8,10H,1-2H3. The Hall–Kier alpha value is -4.98. The van der Waals surface area contributed by atoms with Crippen molar-refractivity contribution in [1.82, 2.24) is 9.97 Å². The van der Waals surface area contributed by atoms with Crippen molar-refractivity contribution < 1.29 is 9.47 Å². The van der Waals surface area contributed by atoms with Crippen molar-refractivity contribution in [1.29, 1.82) is 10.5 Å². The number of nitriles is 2. The second-order valence-corrected chi connectivity index (χ2v) is 9.01. The van der Waals surface area contributed by atoms with Crippen LogP contribution < -0.4 is 9.47 Å². The normalized spacial score (nSPS) is 9.30. The maximum Gasteiger partial charge on any atom is 0.159 e. The number of benzene rings is 2. The SMILES string of the molecule is COc1ccc(C#Cc2cnc(C#N)c(Cl)c2)c(C)c1.COc1ccc(C#Cc2cnc(C#N)c(Cl)c2)c(C)c1. The zero-order valence-corrected chi connectivity index (χ0v) is 23.6. The Labute approximate surface area is 243 Å². The van der Waals surface area contributed by atoms with E-state index in [0.29, 0.717) is 21.2 Å². The van der Waals surface area contributed by atoms with Gasteiger partial charge in [0.15, 0.2) is 11.4 Å². The van der Waals surface area contributed by atoms with Crippen LogP contribution in [0.4, 0.5) is 0 Å². The number of halogens is 2. The largest absolute Gasteiger partial charge is 0.497 e. The third-order valence-electron chi connectivity index (χ3n) is 5.44. The molecule has 40 heavy (non-hydrogen) atoms. The number of methoxy groups -OCH3 is 2. The first-order valence-electron chi connectivity index (χ1n) is 11.7. The second-order valence-electron chi connectivity index (χ2n) is 8.19. The Morgan fingerprint density at radius 3 is 1.32 bits per heavy atom. The lowest BCUT2D eigenvalue weighted by Crippen LogP contribution is -1.88. The molecule has 2 aromatic heterocycles. The quantitative estimate of drug-likeness (QED) is 0.253. The Morgan fingerprint density at radius 1 is 0.625 bits per heavy atom. The fourth-order valence-electron chi connectivity index (χ4n) is 3.26. The first kappa shape index (κ1) is 29.6. The number of ether oxygens (including phenoxy) is 2. The molecule has 0 N–H and O–H groups in total. The number of rotatable bonds is 2. The molecule has 0 aliphatic carbocycles. The van der Waals surface area contributed by atoms with Crippen LogP contribution in [0.3, 0.4) is 0 Å². The molecule has 0 fully saturated rings. The van der Waals surface area contributed by atoms with Gasteiger partial charge in [-0.25, -0.2) is 9.97 Å². The lowest BCUT2D eigenvalue weighted by molar-refractivity contribution is 0.414. The van der Waals surface area contributed by atoms with Gasteiger partial charge in [-0.3, -0.25) is 0 Å². The van der Waals surface area contributed by atoms with Gasteiger partial charge in [0.25, 0.3) is 0 Å². The molecule has 0 saturated heterocycles. The lowest BCUT2D eigenvalue weighted by atomic mass is 10.1. The van der Waals surface area contributed by atoms with Crippen LogP contribution in [0.5, 0.6) is 11.5 Å². The summed E-state index contributed by atoms with van der Waals surface area (Å²) in [6.07, 6.45) is 3.08. The molecule has 0 amide bonds. The highest BCUT2D eigenvalue weighted by atomic mass is 35.5. The van der Waals surface area contributed by atoms with Crippen LogP contribution in [-0.2, 0) is 0 Å². The van der Waals surface area contributed by atoms with Crippen molar-refractivity contribution in [2.75, 3.05) is 14.2 Å². The molecule has 196 valence electrons. The van der Waals surface area contributed by atoms with E-state index in [1.165, 1.54) is 12.4 Å². The van der Waals surface area contributed by atoms with E-state index in [-0.39, 0.29) is 11.4 Å². The Kier molecular flexibility index (Phi) is 10.5. The van der Waals surface area contributed by atoms with Crippen molar-refractivity contribution in [3.8, 4) is 47.3 Å². The summed E-state index contributed by atoms with van der Waals surface area (Å²) >= 11 is 11.8. The van der Waals surface area contributed by atoms with Gasteiger partial charge in [-0.05, 0) is 73.5 Å². The van der Waals surface area contributed by atoms with Crippen molar-refractivity contribution >= 4 is 23.2 Å². The summed E-state index contributed by atoms with van der Waals surface area (Å²) in [6.45, 7) is 3.94. The van der Waals surface area contributed by atoms with Crippen LogP contribution in [0.15, 0.2) is 60.9 Å². The minimum absolute atomic E-state index is 0.206. The van der Waals surface area contributed by atoms with E-state index in [2.05, 4.69) is 33.6 Å². The van der Waals surface area contributed by atoms with Crippen LogP contribution >= 0.6 is 23.2 Å². The molecular formula is C32H22Cl2N4O2. The fourth-order valence-corrected chi connectivity index (χ4v) is 3.68. The average molecular weight is 565 g/mol. The molecule has 4 rings (SSSR count). The summed E-state index contributed by atoms with van der Waals surface area (Å²) in [5.41, 5.74) is 5.63. The minimum Gasteiger partial charge on any atom is -0.497 e. The van der Waals surface area contributed by atoms with Crippen molar-refractivity contribution in [2.24, 2.45) is 0 Å². The molecule has 0 radical (unpaired) electrons. The number of pyridine rings is 2. The summed E-state index contributed by atoms with van der Waals surface area (Å²) < 4.78 is 10.3. The number of nitrogens with zero attached hydrogens (tertiary/aromatic N) is 4. The average Bonchev–Trinajstić information content (AvgIpc) is 2.96. The fraction of sp³-hybridized carbons (Fsp3) is 0.125. The van der Waals surface area contributed by atoms with E-state index in [0.717, 1.165) is 33.8 Å². The Balaban J connectivity index is 0.000000220. The van der Waals surface area contributed by atoms with E-state index >= 15 is 0 Å². The molecule has 0 bridgehead atoms. The smallest absolute Gasteiger partial charge is 0.159 e. The van der Waals surface area contributed by atoms with Crippen molar-refractivity contribution in [3.05, 3.63) is 116 Å². The van der Waals surface area contributed by atoms with E-state index in [9.17, 15) is 0 Å². The van der Waals surface area contributed by atoms with Crippen LogP contribution in [-0.4, -0.2) is 24.2 Å². The van der Waals surface area contributed by atoms with Crippen molar-refractivity contribution in [2.45, 2.75) is 13.8 Å². The van der Waals surface area contributed by atoms with Gasteiger partial charge in [-0.15, -0.1) is 0 Å². The van der Waals surface area contributed by atoms with E-state index in [4.69, 9.17) is 43.2 Å². The van der Waals surface area contributed by atoms with Gasteiger partial charge < -0.3 is 9.47 Å². The lowest BCUT2D eigenvalue weighted by Gasteiger charge is -2.02. The molecule has 4 aromatic rings. The summed E-state index contributed by atoms with van der Waals surface area (Å²) in [5, 5.41) is 18.1. The highest BCUT2D eigenvalue weighted by molar-refractivity contribution is 6.31. The first-order chi connectivity index (χ1) is 19.3. The molecule has 0 aliphatic heterocycles. The Bertz CT molecular complexity index is 1630. The van der Waals surface area contributed by atoms with Crippen LogP contribution in [0.1, 0.15) is 44.8 Å².